The van der Waals surface area contributed by atoms with E-state index >= 15 is 0 Å². The summed E-state index contributed by atoms with van der Waals surface area (Å²) in [4.78, 5) is 35.2. The molecule has 1 atom stereocenters. The molecule has 10 nitrogen and oxygen atoms in total. The summed E-state index contributed by atoms with van der Waals surface area (Å²) in [5, 5.41) is 9.98. The largest absolute Gasteiger partial charge is 0.444 e. The molecule has 0 radical (unpaired) electrons. The van der Waals surface area contributed by atoms with Gasteiger partial charge in [-0.05, 0) is 52.2 Å². The molecular weight excluding hydrogens is 489 g/mol. The minimum atomic E-state index is -0.566. The monoisotopic (exact) mass is 517 g/mol. The van der Waals surface area contributed by atoms with Gasteiger partial charge in [0.25, 0.3) is 5.91 Å². The van der Waals surface area contributed by atoms with Gasteiger partial charge in [-0.15, -0.1) is 0 Å². The van der Waals surface area contributed by atoms with Crippen LogP contribution in [0.15, 0.2) is 30.7 Å². The summed E-state index contributed by atoms with van der Waals surface area (Å²) in [7, 11) is 0. The zero-order valence-corrected chi connectivity index (χ0v) is 21.2. The molecule has 0 spiro atoms. The summed E-state index contributed by atoms with van der Waals surface area (Å²) >= 11 is 6.27. The molecule has 2 amide bonds. The summed E-state index contributed by atoms with van der Waals surface area (Å²) in [5.74, 6) is -0.121. The van der Waals surface area contributed by atoms with Gasteiger partial charge in [-0.25, -0.2) is 23.7 Å². The summed E-state index contributed by atoms with van der Waals surface area (Å²) in [6.07, 6.45) is 6.00. The molecule has 0 unspecified atom stereocenters. The Balaban J connectivity index is 1.41. The van der Waals surface area contributed by atoms with E-state index in [1.165, 1.54) is 16.8 Å². The number of hydrogen-bond acceptors (Lipinski definition) is 7. The lowest BCUT2D eigenvalue weighted by Gasteiger charge is -2.26. The first kappa shape index (κ1) is 25.6. The number of ether oxygens (including phenoxy) is 1. The highest BCUT2D eigenvalue weighted by Crippen LogP contribution is 2.38. The van der Waals surface area contributed by atoms with E-state index in [0.29, 0.717) is 48.6 Å². The van der Waals surface area contributed by atoms with Gasteiger partial charge in [0.1, 0.15) is 28.0 Å². The second-order valence-electron chi connectivity index (χ2n) is 9.54. The number of carbonyl (C=O) groups is 2. The fraction of sp³-hybridized carbons (Fsp3) is 0.458. The van der Waals surface area contributed by atoms with E-state index in [-0.39, 0.29) is 17.1 Å². The molecule has 2 N–H and O–H groups in total. The maximum atomic E-state index is 13.9. The minimum Gasteiger partial charge on any atom is -0.444 e. The molecule has 4 rings (SSSR count). The lowest BCUT2D eigenvalue weighted by molar-refractivity contribution is 0.0527. The van der Waals surface area contributed by atoms with Crippen LogP contribution in [0.1, 0.15) is 62.0 Å². The summed E-state index contributed by atoms with van der Waals surface area (Å²) in [6, 6.07) is 3.04. The number of fused-ring (bicyclic) bond motifs is 1. The third kappa shape index (κ3) is 6.01. The summed E-state index contributed by atoms with van der Waals surface area (Å²) in [5.41, 5.74) is 0.787. The molecule has 4 heterocycles. The Bertz CT molecular complexity index is 1260. The minimum absolute atomic E-state index is 0.173. The number of nitrogens with one attached hydrogen (secondary N) is 2. The fourth-order valence-electron chi connectivity index (χ4n) is 4.11. The highest BCUT2D eigenvalue weighted by Gasteiger charge is 2.30. The Hall–Kier alpha value is -3.47. The Labute approximate surface area is 213 Å². The molecule has 36 heavy (non-hydrogen) atoms. The lowest BCUT2D eigenvalue weighted by atomic mass is 10.1. The predicted octanol–water partition coefficient (Wildman–Crippen LogP) is 3.90. The molecule has 192 valence electrons. The number of carbonyl (C=O) groups excluding carboxylic acids is 2. The number of amides is 2. The van der Waals surface area contributed by atoms with E-state index in [2.05, 4.69) is 20.7 Å². The normalized spacial score (nSPS) is 15.8. The van der Waals surface area contributed by atoms with Crippen LogP contribution in [0.4, 0.5) is 15.0 Å². The topological polar surface area (TPSA) is 114 Å². The van der Waals surface area contributed by atoms with E-state index in [1.807, 2.05) is 11.0 Å². The van der Waals surface area contributed by atoms with Gasteiger partial charge in [0.05, 0.1) is 18.4 Å². The standard InChI is InChI=1S/C24H29ClFN7O3/c1-24(2,3)36-23(35)28-9-5-8-27-22(34)17-14-30-33-11-7-19(31-21(17)33)32-10-4-6-18(32)16-12-15(26)13-29-20(16)25/h7,11-14,18H,4-6,8-10H2,1-3H3,(H,27,34)(H,28,35)/t18-/m1/s1. The highest BCUT2D eigenvalue weighted by molar-refractivity contribution is 6.30. The Morgan fingerprint density at radius 2 is 2.03 bits per heavy atom. The van der Waals surface area contributed by atoms with E-state index in [1.54, 1.807) is 27.0 Å². The van der Waals surface area contributed by atoms with Crippen molar-refractivity contribution < 1.29 is 18.7 Å². The number of hydrogen-bond donors (Lipinski definition) is 2. The number of aromatic nitrogens is 4. The van der Waals surface area contributed by atoms with Gasteiger partial charge in [-0.3, -0.25) is 4.79 Å². The predicted molar refractivity (Wildman–Crippen MR) is 133 cm³/mol. The molecule has 0 aromatic carbocycles. The van der Waals surface area contributed by atoms with Crippen molar-refractivity contribution in [3.05, 3.63) is 52.8 Å². The van der Waals surface area contributed by atoms with Crippen LogP contribution in [0.3, 0.4) is 0 Å². The van der Waals surface area contributed by atoms with Gasteiger partial charge < -0.3 is 20.3 Å². The Kier molecular flexibility index (Phi) is 7.58. The molecule has 3 aromatic heterocycles. The first-order valence-electron chi connectivity index (χ1n) is 11.8. The number of anilines is 1. The third-order valence-corrected chi connectivity index (χ3v) is 5.96. The van der Waals surface area contributed by atoms with Gasteiger partial charge in [0.15, 0.2) is 5.65 Å². The molecule has 0 bridgehead atoms. The number of rotatable bonds is 7. The first-order valence-corrected chi connectivity index (χ1v) is 12.2. The molecule has 12 heteroatoms. The van der Waals surface area contributed by atoms with Crippen molar-refractivity contribution in [3.63, 3.8) is 0 Å². The molecule has 0 aliphatic carbocycles. The summed E-state index contributed by atoms with van der Waals surface area (Å²) in [6.45, 7) is 6.80. The van der Waals surface area contributed by atoms with Crippen LogP contribution in [0, 0.1) is 5.82 Å². The van der Waals surface area contributed by atoms with Crippen LogP contribution < -0.4 is 15.5 Å². The lowest BCUT2D eigenvalue weighted by Crippen LogP contribution is -2.34. The molecular formula is C24H29ClFN7O3. The number of alkyl carbamates (subject to hydrolysis) is 1. The Morgan fingerprint density at radius 3 is 2.81 bits per heavy atom. The zero-order chi connectivity index (χ0) is 25.9. The highest BCUT2D eigenvalue weighted by atomic mass is 35.5. The molecule has 1 saturated heterocycles. The summed E-state index contributed by atoms with van der Waals surface area (Å²) < 4.78 is 20.6. The average Bonchev–Trinajstić information content (AvgIpc) is 3.46. The molecule has 1 fully saturated rings. The first-order chi connectivity index (χ1) is 17.1. The SMILES string of the molecule is CC(C)(C)OC(=O)NCCCNC(=O)c1cnn2ccc(N3CCC[C@@H]3c3cc(F)cnc3Cl)nc12. The van der Waals surface area contributed by atoms with Gasteiger partial charge in [-0.2, -0.15) is 5.10 Å². The smallest absolute Gasteiger partial charge is 0.407 e. The maximum absolute atomic E-state index is 13.9. The van der Waals surface area contributed by atoms with Crippen LogP contribution in [0.5, 0.6) is 0 Å². The second-order valence-corrected chi connectivity index (χ2v) is 9.89. The van der Waals surface area contributed by atoms with Crippen LogP contribution in [0.25, 0.3) is 5.65 Å². The van der Waals surface area contributed by atoms with Crippen molar-refractivity contribution >= 4 is 35.1 Å². The zero-order valence-electron chi connectivity index (χ0n) is 20.4. The average molecular weight is 518 g/mol. The molecule has 1 aliphatic rings. The maximum Gasteiger partial charge on any atom is 0.407 e. The van der Waals surface area contributed by atoms with Crippen molar-refractivity contribution in [3.8, 4) is 0 Å². The van der Waals surface area contributed by atoms with Crippen LogP contribution in [-0.2, 0) is 4.74 Å². The van der Waals surface area contributed by atoms with Gasteiger partial charge in [-0.1, -0.05) is 11.6 Å². The van der Waals surface area contributed by atoms with E-state index in [9.17, 15) is 14.0 Å². The molecule has 0 saturated carbocycles. The van der Waals surface area contributed by atoms with Crippen LogP contribution in [-0.4, -0.2) is 56.8 Å². The van der Waals surface area contributed by atoms with Gasteiger partial charge in [0, 0.05) is 31.4 Å². The van der Waals surface area contributed by atoms with E-state index in [0.717, 1.165) is 19.0 Å². The third-order valence-electron chi connectivity index (χ3n) is 5.65. The number of halogens is 2. The van der Waals surface area contributed by atoms with Gasteiger partial charge >= 0.3 is 6.09 Å². The van der Waals surface area contributed by atoms with Crippen molar-refractivity contribution in [2.24, 2.45) is 0 Å². The van der Waals surface area contributed by atoms with E-state index in [4.69, 9.17) is 21.3 Å². The molecule has 1 aliphatic heterocycles. The number of pyridine rings is 1. The second kappa shape index (κ2) is 10.7. The van der Waals surface area contributed by atoms with Crippen LogP contribution >= 0.6 is 11.6 Å². The van der Waals surface area contributed by atoms with Crippen molar-refractivity contribution in [2.45, 2.75) is 51.7 Å². The van der Waals surface area contributed by atoms with Gasteiger partial charge in [0.2, 0.25) is 0 Å². The van der Waals surface area contributed by atoms with Crippen molar-refractivity contribution in [1.82, 2.24) is 30.2 Å². The van der Waals surface area contributed by atoms with Crippen LogP contribution in [0.2, 0.25) is 5.15 Å². The van der Waals surface area contributed by atoms with Crippen molar-refractivity contribution in [2.75, 3.05) is 24.5 Å². The van der Waals surface area contributed by atoms with Crippen molar-refractivity contribution in [1.29, 1.82) is 0 Å². The fourth-order valence-corrected chi connectivity index (χ4v) is 4.34. The Morgan fingerprint density at radius 1 is 1.25 bits per heavy atom. The molecule has 3 aromatic rings. The quantitative estimate of drug-likeness (QED) is 0.361. The van der Waals surface area contributed by atoms with E-state index < -0.39 is 17.5 Å². The number of nitrogens with zero attached hydrogens (tertiary/aromatic N) is 5.